The van der Waals surface area contributed by atoms with E-state index in [-0.39, 0.29) is 16.3 Å². The molecule has 0 amide bonds. The van der Waals surface area contributed by atoms with E-state index >= 15 is 0 Å². The van der Waals surface area contributed by atoms with E-state index in [9.17, 15) is 34.8 Å². The van der Waals surface area contributed by atoms with E-state index in [2.05, 4.69) is 16.0 Å². The minimum absolute atomic E-state index is 0.0928. The number of hydrogen-bond donors (Lipinski definition) is 2. The number of anilines is 2. The largest absolute Gasteiger partial charge is 0.573 e. The summed E-state index contributed by atoms with van der Waals surface area (Å²) in [6.45, 7) is 1.44. The topological polar surface area (TPSA) is 93.9 Å². The third-order valence-corrected chi connectivity index (χ3v) is 8.28. The Labute approximate surface area is 259 Å². The van der Waals surface area contributed by atoms with Crippen molar-refractivity contribution in [3.8, 4) is 11.5 Å². The first-order chi connectivity index (χ1) is 20.2. The van der Waals surface area contributed by atoms with Crippen LogP contribution in [0.5, 0.6) is 11.5 Å². The molecule has 240 valence electrons. The van der Waals surface area contributed by atoms with Crippen LogP contribution in [-0.4, -0.2) is 40.9 Å². The van der Waals surface area contributed by atoms with Gasteiger partial charge in [0.05, 0.1) is 17.6 Å². The molecule has 1 aromatic heterocycles. The molecule has 0 saturated carbocycles. The third kappa shape index (κ3) is 9.38. The maximum atomic E-state index is 13.0. The smallest absolute Gasteiger partial charge is 0.484 e. The minimum atomic E-state index is -5.12. The second-order valence-corrected chi connectivity index (χ2v) is 13.1. The first-order valence-corrected chi connectivity index (χ1v) is 15.6. The number of ether oxygens (including phenoxy) is 2. The molecule has 7 nitrogen and oxygen atoms in total. The molecule has 0 radical (unpaired) electrons. The Morgan fingerprint density at radius 2 is 1.52 bits per heavy atom. The SMILES string of the molecule is CC(C)(c1cc(OCC(F)(F)F)cc(OC(F)(F)F)c1)c1cc(Cl)cc(N(c2ccc3sccc3c2)S(C)(=O)=O)c1.CNN. The zero-order valence-corrected chi connectivity index (χ0v) is 26.1. The lowest BCUT2D eigenvalue weighted by molar-refractivity contribution is -0.274. The lowest BCUT2D eigenvalue weighted by Crippen LogP contribution is -2.26. The molecule has 4 rings (SSSR count). The number of fused-ring (bicyclic) bond motifs is 1. The second kappa shape index (κ2) is 13.4. The van der Waals surface area contributed by atoms with Crippen molar-refractivity contribution in [2.24, 2.45) is 5.84 Å². The number of nitrogens with zero attached hydrogens (tertiary/aromatic N) is 1. The van der Waals surface area contributed by atoms with Gasteiger partial charge in [-0.2, -0.15) is 13.2 Å². The Morgan fingerprint density at radius 1 is 0.909 bits per heavy atom. The fourth-order valence-electron chi connectivity index (χ4n) is 4.20. The molecule has 3 N–H and O–H groups in total. The Hall–Kier alpha value is -3.24. The fraction of sp³-hybridized carbons (Fsp3) is 0.286. The van der Waals surface area contributed by atoms with Gasteiger partial charge in [0, 0.05) is 21.2 Å². The van der Waals surface area contributed by atoms with Crippen molar-refractivity contribution in [1.29, 1.82) is 0 Å². The molecule has 0 aliphatic rings. The maximum Gasteiger partial charge on any atom is 0.573 e. The van der Waals surface area contributed by atoms with Crippen molar-refractivity contribution in [2.75, 3.05) is 24.2 Å². The van der Waals surface area contributed by atoms with E-state index in [0.29, 0.717) is 17.3 Å². The summed E-state index contributed by atoms with van der Waals surface area (Å²) in [5.74, 6) is 3.31. The van der Waals surface area contributed by atoms with Gasteiger partial charge in [-0.05, 0) is 83.5 Å². The Kier molecular flexibility index (Phi) is 10.7. The maximum absolute atomic E-state index is 13.0. The molecule has 4 aromatic rings. The van der Waals surface area contributed by atoms with Crippen LogP contribution in [0, 0.1) is 0 Å². The Morgan fingerprint density at radius 3 is 2.11 bits per heavy atom. The molecule has 0 aliphatic heterocycles. The first kappa shape index (κ1) is 35.2. The molecule has 3 aromatic carbocycles. The zero-order valence-electron chi connectivity index (χ0n) is 23.7. The molecule has 0 bridgehead atoms. The van der Waals surface area contributed by atoms with Gasteiger partial charge in [0.15, 0.2) is 6.61 Å². The third-order valence-electron chi connectivity index (χ3n) is 6.08. The summed E-state index contributed by atoms with van der Waals surface area (Å²) < 4.78 is 114. The van der Waals surface area contributed by atoms with Gasteiger partial charge in [-0.1, -0.05) is 25.4 Å². The van der Waals surface area contributed by atoms with Crippen LogP contribution in [0.1, 0.15) is 25.0 Å². The zero-order chi connectivity index (χ0) is 33.1. The summed E-state index contributed by atoms with van der Waals surface area (Å²) in [7, 11) is -2.26. The second-order valence-electron chi connectivity index (χ2n) is 9.93. The number of benzene rings is 3. The van der Waals surface area contributed by atoms with E-state index in [1.165, 1.54) is 29.5 Å². The average molecular weight is 684 g/mol. The Balaban J connectivity index is 0.00000169. The van der Waals surface area contributed by atoms with E-state index in [1.54, 1.807) is 39.1 Å². The monoisotopic (exact) mass is 683 g/mol. The molecule has 0 unspecified atom stereocenters. The highest BCUT2D eigenvalue weighted by molar-refractivity contribution is 7.92. The summed E-state index contributed by atoms with van der Waals surface area (Å²) in [6, 6.07) is 14.2. The normalized spacial score (nSPS) is 12.5. The van der Waals surface area contributed by atoms with E-state index in [4.69, 9.17) is 16.3 Å². The van der Waals surface area contributed by atoms with Gasteiger partial charge in [-0.3, -0.25) is 11.3 Å². The van der Waals surface area contributed by atoms with Gasteiger partial charge < -0.3 is 9.47 Å². The van der Waals surface area contributed by atoms with Crippen LogP contribution < -0.4 is 25.0 Å². The predicted octanol–water partition coefficient (Wildman–Crippen LogP) is 7.90. The van der Waals surface area contributed by atoms with Crippen LogP contribution in [-0.2, 0) is 15.4 Å². The molecule has 16 heteroatoms. The van der Waals surface area contributed by atoms with Crippen molar-refractivity contribution in [2.45, 2.75) is 31.8 Å². The Bertz CT molecular complexity index is 1710. The number of alkyl halides is 6. The fourth-order valence-corrected chi connectivity index (χ4v) is 6.19. The van der Waals surface area contributed by atoms with E-state index < -0.39 is 46.1 Å². The number of halogens is 7. The molecular formula is C28H28ClF6N3O4S2. The van der Waals surface area contributed by atoms with Gasteiger partial charge in [-0.25, -0.2) is 12.7 Å². The predicted molar refractivity (Wildman–Crippen MR) is 160 cm³/mol. The summed E-state index contributed by atoms with van der Waals surface area (Å²) in [6.07, 6.45) is -8.84. The van der Waals surface area contributed by atoms with Crippen LogP contribution in [0.2, 0.25) is 5.02 Å². The average Bonchev–Trinajstić information content (AvgIpc) is 3.33. The molecule has 44 heavy (non-hydrogen) atoms. The first-order valence-electron chi connectivity index (χ1n) is 12.5. The number of sulfonamides is 1. The number of hydrazine groups is 1. The minimum Gasteiger partial charge on any atom is -0.484 e. The van der Waals surface area contributed by atoms with Gasteiger partial charge in [0.1, 0.15) is 11.5 Å². The lowest BCUT2D eigenvalue weighted by atomic mass is 9.78. The number of rotatable bonds is 8. The number of hydrogen-bond acceptors (Lipinski definition) is 7. The highest BCUT2D eigenvalue weighted by Gasteiger charge is 2.34. The van der Waals surface area contributed by atoms with Crippen LogP contribution in [0.25, 0.3) is 10.1 Å². The van der Waals surface area contributed by atoms with Gasteiger partial charge in [0.2, 0.25) is 10.0 Å². The van der Waals surface area contributed by atoms with E-state index in [0.717, 1.165) is 32.8 Å². The van der Waals surface area contributed by atoms with Gasteiger partial charge >= 0.3 is 12.5 Å². The quantitative estimate of drug-likeness (QED) is 0.111. The van der Waals surface area contributed by atoms with Crippen LogP contribution >= 0.6 is 22.9 Å². The number of thiophene rings is 1. The number of nitrogens with one attached hydrogen (secondary N) is 1. The van der Waals surface area contributed by atoms with Gasteiger partial charge in [0.25, 0.3) is 0 Å². The highest BCUT2D eigenvalue weighted by Crippen LogP contribution is 2.42. The number of nitrogens with two attached hydrogens (primary N) is 1. The van der Waals surface area contributed by atoms with Crippen molar-refractivity contribution in [3.63, 3.8) is 0 Å². The van der Waals surface area contributed by atoms with Crippen molar-refractivity contribution in [1.82, 2.24) is 5.43 Å². The van der Waals surface area contributed by atoms with Gasteiger partial charge in [-0.15, -0.1) is 24.5 Å². The summed E-state index contributed by atoms with van der Waals surface area (Å²) in [5, 5.41) is 2.80. The highest BCUT2D eigenvalue weighted by atomic mass is 35.5. The molecule has 0 atom stereocenters. The summed E-state index contributed by atoms with van der Waals surface area (Å²) >= 11 is 7.89. The lowest BCUT2D eigenvalue weighted by Gasteiger charge is -2.30. The van der Waals surface area contributed by atoms with Crippen molar-refractivity contribution < 1.29 is 44.2 Å². The molecule has 0 aliphatic carbocycles. The summed E-state index contributed by atoms with van der Waals surface area (Å²) in [5.41, 5.74) is 1.95. The van der Waals surface area contributed by atoms with Crippen LogP contribution in [0.15, 0.2) is 66.0 Å². The van der Waals surface area contributed by atoms with Crippen LogP contribution in [0.3, 0.4) is 0 Å². The standard InChI is InChI=1S/C27H22ClF6NO4S2.CH6N2/c1-25(2,18-11-22(38-15-26(29,30)31)14-23(12-18)39-27(32,33)34)17-9-19(28)13-21(10-17)35(41(3,36)37)20-4-5-24-16(8-20)6-7-40-24;1-3-2/h4-14H,15H2,1-3H3;3H,2H2,1H3. The van der Waals surface area contributed by atoms with E-state index in [1.807, 2.05) is 11.4 Å². The molecule has 0 spiro atoms. The van der Waals surface area contributed by atoms with Crippen LogP contribution in [0.4, 0.5) is 37.7 Å². The van der Waals surface area contributed by atoms with Crippen molar-refractivity contribution >= 4 is 54.4 Å². The van der Waals surface area contributed by atoms with Crippen molar-refractivity contribution in [3.05, 3.63) is 82.2 Å². The summed E-state index contributed by atoms with van der Waals surface area (Å²) in [4.78, 5) is 0. The molecular weight excluding hydrogens is 656 g/mol. The molecule has 0 fully saturated rings. The molecule has 0 saturated heterocycles. The molecule has 1 heterocycles.